The van der Waals surface area contributed by atoms with Crippen LogP contribution in [0.1, 0.15) is 45.4 Å². The third kappa shape index (κ3) is 3.97. The van der Waals surface area contributed by atoms with E-state index in [0.29, 0.717) is 0 Å². The molecule has 0 spiro atoms. The van der Waals surface area contributed by atoms with E-state index in [1.165, 1.54) is 51.6 Å². The van der Waals surface area contributed by atoms with Crippen molar-refractivity contribution in [2.24, 2.45) is 0 Å². The van der Waals surface area contributed by atoms with Gasteiger partial charge in [0, 0.05) is 12.6 Å². The maximum atomic E-state index is 3.31. The Morgan fingerprint density at radius 2 is 1.64 bits per heavy atom. The van der Waals surface area contributed by atoms with E-state index < -0.39 is 0 Å². The van der Waals surface area contributed by atoms with Gasteiger partial charge in [-0.2, -0.15) is 0 Å². The summed E-state index contributed by atoms with van der Waals surface area (Å²) >= 11 is 0. The number of rotatable bonds is 4. The van der Waals surface area contributed by atoms with E-state index in [4.69, 9.17) is 0 Å². The first-order chi connectivity index (χ1) is 6.88. The fourth-order valence-electron chi connectivity index (χ4n) is 2.40. The standard InChI is InChI=1S/C12H26N2/c1-3-12(11-13-2)14-9-7-5-4-6-8-10-14/h12-13H,3-11H2,1-2H3. The predicted molar refractivity (Wildman–Crippen MR) is 62.7 cm³/mol. The normalized spacial score (nSPS) is 22.7. The summed E-state index contributed by atoms with van der Waals surface area (Å²) in [5.41, 5.74) is 0. The summed E-state index contributed by atoms with van der Waals surface area (Å²) in [6, 6.07) is 0.762. The molecule has 0 aromatic carbocycles. The largest absolute Gasteiger partial charge is 0.318 e. The Balaban J connectivity index is 2.35. The topological polar surface area (TPSA) is 15.3 Å². The molecule has 1 N–H and O–H groups in total. The second-order valence-corrected chi connectivity index (χ2v) is 4.42. The van der Waals surface area contributed by atoms with Crippen LogP contribution in [-0.4, -0.2) is 37.6 Å². The van der Waals surface area contributed by atoms with Crippen LogP contribution < -0.4 is 5.32 Å². The average Bonchev–Trinajstić information content (AvgIpc) is 2.15. The van der Waals surface area contributed by atoms with E-state index in [1.54, 1.807) is 0 Å². The monoisotopic (exact) mass is 198 g/mol. The van der Waals surface area contributed by atoms with Gasteiger partial charge in [-0.1, -0.05) is 26.2 Å². The molecule has 0 amide bonds. The minimum atomic E-state index is 0.762. The Bertz CT molecular complexity index is 128. The number of nitrogens with zero attached hydrogens (tertiary/aromatic N) is 1. The molecule has 1 rings (SSSR count). The lowest BCUT2D eigenvalue weighted by molar-refractivity contribution is 0.172. The van der Waals surface area contributed by atoms with Crippen LogP contribution in [0, 0.1) is 0 Å². The minimum Gasteiger partial charge on any atom is -0.318 e. The zero-order valence-corrected chi connectivity index (χ0v) is 9.89. The minimum absolute atomic E-state index is 0.762. The van der Waals surface area contributed by atoms with Gasteiger partial charge in [-0.25, -0.2) is 0 Å². The molecule has 2 nitrogen and oxygen atoms in total. The van der Waals surface area contributed by atoms with Gasteiger partial charge in [0.05, 0.1) is 0 Å². The second kappa shape index (κ2) is 7.24. The van der Waals surface area contributed by atoms with Crippen molar-refractivity contribution in [3.05, 3.63) is 0 Å². The van der Waals surface area contributed by atoms with Gasteiger partial charge < -0.3 is 5.32 Å². The first-order valence-electron chi connectivity index (χ1n) is 6.27. The first-order valence-corrected chi connectivity index (χ1v) is 6.27. The van der Waals surface area contributed by atoms with Gasteiger partial charge in [0.2, 0.25) is 0 Å². The Hall–Kier alpha value is -0.0800. The Morgan fingerprint density at radius 3 is 2.14 bits per heavy atom. The van der Waals surface area contributed by atoms with Crippen LogP contribution in [0.5, 0.6) is 0 Å². The Morgan fingerprint density at radius 1 is 1.07 bits per heavy atom. The van der Waals surface area contributed by atoms with Crippen LogP contribution in [0.2, 0.25) is 0 Å². The molecule has 14 heavy (non-hydrogen) atoms. The van der Waals surface area contributed by atoms with E-state index in [0.717, 1.165) is 12.6 Å². The maximum absolute atomic E-state index is 3.31. The van der Waals surface area contributed by atoms with Crippen molar-refractivity contribution in [2.45, 2.75) is 51.5 Å². The fourth-order valence-corrected chi connectivity index (χ4v) is 2.40. The summed E-state index contributed by atoms with van der Waals surface area (Å²) in [6.45, 7) is 6.09. The number of likely N-dealkylation sites (N-methyl/N-ethyl adjacent to an activating group) is 1. The highest BCUT2D eigenvalue weighted by Crippen LogP contribution is 2.13. The lowest BCUT2D eigenvalue weighted by Gasteiger charge is -2.32. The molecule has 0 aromatic heterocycles. The summed E-state index contributed by atoms with van der Waals surface area (Å²) in [5.74, 6) is 0. The zero-order valence-electron chi connectivity index (χ0n) is 9.89. The van der Waals surface area contributed by atoms with Gasteiger partial charge >= 0.3 is 0 Å². The highest BCUT2D eigenvalue weighted by molar-refractivity contribution is 4.73. The molecule has 2 heteroatoms. The molecular formula is C12H26N2. The van der Waals surface area contributed by atoms with E-state index in [1.807, 2.05) is 0 Å². The van der Waals surface area contributed by atoms with Crippen molar-refractivity contribution in [3.8, 4) is 0 Å². The van der Waals surface area contributed by atoms with Crippen molar-refractivity contribution in [1.29, 1.82) is 0 Å². The smallest absolute Gasteiger partial charge is 0.0217 e. The number of likely N-dealkylation sites (tertiary alicyclic amines) is 1. The molecule has 1 atom stereocenters. The molecule has 1 saturated heterocycles. The van der Waals surface area contributed by atoms with Gasteiger partial charge in [-0.05, 0) is 39.4 Å². The van der Waals surface area contributed by atoms with Crippen LogP contribution >= 0.6 is 0 Å². The lowest BCUT2D eigenvalue weighted by atomic mass is 10.1. The van der Waals surface area contributed by atoms with E-state index in [9.17, 15) is 0 Å². The number of hydrogen-bond donors (Lipinski definition) is 1. The quantitative estimate of drug-likeness (QED) is 0.745. The highest BCUT2D eigenvalue weighted by Gasteiger charge is 2.16. The zero-order chi connectivity index (χ0) is 10.2. The van der Waals surface area contributed by atoms with Crippen molar-refractivity contribution in [3.63, 3.8) is 0 Å². The van der Waals surface area contributed by atoms with Gasteiger partial charge in [0.1, 0.15) is 0 Å². The molecule has 0 radical (unpaired) electrons. The Labute approximate surface area is 89.1 Å². The third-order valence-electron chi connectivity index (χ3n) is 3.32. The SMILES string of the molecule is CCC(CNC)N1CCCCCCC1. The summed E-state index contributed by atoms with van der Waals surface area (Å²) < 4.78 is 0. The molecule has 1 aliphatic rings. The molecule has 1 fully saturated rings. The molecular weight excluding hydrogens is 172 g/mol. The second-order valence-electron chi connectivity index (χ2n) is 4.42. The summed E-state index contributed by atoms with van der Waals surface area (Å²) in [7, 11) is 2.06. The van der Waals surface area contributed by atoms with Crippen molar-refractivity contribution in [2.75, 3.05) is 26.7 Å². The average molecular weight is 198 g/mol. The molecule has 0 saturated carbocycles. The molecule has 0 aromatic rings. The van der Waals surface area contributed by atoms with Gasteiger partial charge in [-0.15, -0.1) is 0 Å². The summed E-state index contributed by atoms with van der Waals surface area (Å²) in [6.07, 6.45) is 8.41. The molecule has 0 bridgehead atoms. The predicted octanol–water partition coefficient (Wildman–Crippen LogP) is 2.25. The van der Waals surface area contributed by atoms with Crippen LogP contribution in [0.4, 0.5) is 0 Å². The number of hydrogen-bond acceptors (Lipinski definition) is 2. The van der Waals surface area contributed by atoms with Crippen LogP contribution in [0.25, 0.3) is 0 Å². The van der Waals surface area contributed by atoms with E-state index in [-0.39, 0.29) is 0 Å². The summed E-state index contributed by atoms with van der Waals surface area (Å²) in [4.78, 5) is 2.69. The van der Waals surface area contributed by atoms with Crippen LogP contribution in [0.3, 0.4) is 0 Å². The van der Waals surface area contributed by atoms with Crippen LogP contribution in [-0.2, 0) is 0 Å². The fraction of sp³-hybridized carbons (Fsp3) is 1.00. The van der Waals surface area contributed by atoms with Crippen LogP contribution in [0.15, 0.2) is 0 Å². The molecule has 84 valence electrons. The van der Waals surface area contributed by atoms with Gasteiger partial charge in [-0.3, -0.25) is 4.90 Å². The van der Waals surface area contributed by atoms with Crippen molar-refractivity contribution < 1.29 is 0 Å². The molecule has 0 aliphatic carbocycles. The molecule has 1 unspecified atom stereocenters. The van der Waals surface area contributed by atoms with Crippen molar-refractivity contribution in [1.82, 2.24) is 10.2 Å². The molecule has 1 aliphatic heterocycles. The van der Waals surface area contributed by atoms with Crippen molar-refractivity contribution >= 4 is 0 Å². The summed E-state index contributed by atoms with van der Waals surface area (Å²) in [5, 5.41) is 3.31. The molecule has 1 heterocycles. The van der Waals surface area contributed by atoms with Gasteiger partial charge in [0.15, 0.2) is 0 Å². The lowest BCUT2D eigenvalue weighted by Crippen LogP contribution is -2.42. The van der Waals surface area contributed by atoms with E-state index >= 15 is 0 Å². The Kier molecular flexibility index (Phi) is 6.20. The van der Waals surface area contributed by atoms with Gasteiger partial charge in [0.25, 0.3) is 0 Å². The maximum Gasteiger partial charge on any atom is 0.0217 e. The highest BCUT2D eigenvalue weighted by atomic mass is 15.2. The number of nitrogens with one attached hydrogen (secondary N) is 1. The third-order valence-corrected chi connectivity index (χ3v) is 3.32. The first kappa shape index (κ1) is 12.0. The van der Waals surface area contributed by atoms with E-state index in [2.05, 4.69) is 24.2 Å².